The van der Waals surface area contributed by atoms with Crippen LogP contribution in [0.5, 0.6) is 0 Å². The number of aromatic nitrogens is 4. The maximum absolute atomic E-state index is 9.79. The molecule has 1 fully saturated rings. The Kier molecular flexibility index (Phi) is 6.83. The molecule has 2 atom stereocenters. The molecular weight excluding hydrogens is 392 g/mol. The van der Waals surface area contributed by atoms with Gasteiger partial charge in [0.1, 0.15) is 0 Å². The van der Waals surface area contributed by atoms with Gasteiger partial charge in [0.25, 0.3) is 0 Å². The third-order valence-corrected chi connectivity index (χ3v) is 4.88. The fraction of sp³-hybridized carbons (Fsp3) is 0.526. The van der Waals surface area contributed by atoms with Crippen molar-refractivity contribution in [2.75, 3.05) is 17.7 Å². The Morgan fingerprint density at radius 3 is 2.43 bits per heavy atom. The zero-order chi connectivity index (χ0) is 21.7. The van der Waals surface area contributed by atoms with Crippen molar-refractivity contribution < 1.29 is 24.9 Å². The van der Waals surface area contributed by atoms with Crippen LogP contribution in [0, 0.1) is 5.92 Å². The van der Waals surface area contributed by atoms with E-state index >= 15 is 0 Å². The molecule has 162 valence electrons. The molecule has 30 heavy (non-hydrogen) atoms. The molecule has 4 rings (SSSR count). The molecule has 0 bridgehead atoms. The summed E-state index contributed by atoms with van der Waals surface area (Å²) in [5.41, 5.74) is 7.35. The number of fused-ring (bicyclic) bond motifs is 1. The number of nitrogens with one attached hydrogen (secondary N) is 1. The van der Waals surface area contributed by atoms with Crippen LogP contribution in [0.1, 0.15) is 44.6 Å². The number of carboxylic acid groups (broad SMARTS) is 2. The number of nitrogens with two attached hydrogens (primary N) is 1. The molecule has 11 nitrogen and oxygen atoms in total. The van der Waals surface area contributed by atoms with Crippen LogP contribution in [0.3, 0.4) is 0 Å². The minimum atomic E-state index is -0.948. The summed E-state index contributed by atoms with van der Waals surface area (Å²) >= 11 is 0. The highest BCUT2D eigenvalue weighted by atomic mass is 16.4. The molecule has 2 aliphatic rings. The van der Waals surface area contributed by atoms with Crippen LogP contribution in [-0.2, 0) is 9.59 Å². The lowest BCUT2D eigenvalue weighted by Crippen LogP contribution is -2.10. The molecule has 2 heterocycles. The van der Waals surface area contributed by atoms with Crippen LogP contribution in [0.15, 0.2) is 18.5 Å². The lowest BCUT2D eigenvalue weighted by Gasteiger charge is -2.13. The standard InChI is InChI=1S/C14H18N6O.C5H8O4/c15-14-18-12(17-9-2-3-9)11-13(19-14)20(7-16-11)10-4-1-8(5-10)6-21;6-4(7)2-1-3-5(8)9/h1,4,7-10,21H,2-3,5-6H2,(H3,15,17,18,19);1-3H2,(H,6,7)(H,8,9). The van der Waals surface area contributed by atoms with Crippen molar-refractivity contribution in [2.45, 2.75) is 50.6 Å². The van der Waals surface area contributed by atoms with Crippen molar-refractivity contribution in [2.24, 2.45) is 5.92 Å². The molecule has 0 saturated heterocycles. The van der Waals surface area contributed by atoms with E-state index in [0.717, 1.165) is 36.2 Å². The number of imidazole rings is 1. The molecule has 0 spiro atoms. The van der Waals surface area contributed by atoms with Gasteiger partial charge in [0.2, 0.25) is 5.95 Å². The summed E-state index contributed by atoms with van der Waals surface area (Å²) in [6, 6.07) is 0.646. The van der Waals surface area contributed by atoms with E-state index in [2.05, 4.69) is 26.3 Å². The van der Waals surface area contributed by atoms with Crippen molar-refractivity contribution in [1.82, 2.24) is 19.5 Å². The summed E-state index contributed by atoms with van der Waals surface area (Å²) in [7, 11) is 0. The number of anilines is 2. The van der Waals surface area contributed by atoms with Crippen LogP contribution in [0.2, 0.25) is 0 Å². The topological polar surface area (TPSA) is 176 Å². The third kappa shape index (κ3) is 5.66. The number of carboxylic acids is 2. The van der Waals surface area contributed by atoms with E-state index in [1.807, 2.05) is 10.6 Å². The number of aliphatic hydroxyl groups is 1. The van der Waals surface area contributed by atoms with Gasteiger partial charge in [-0.15, -0.1) is 0 Å². The van der Waals surface area contributed by atoms with E-state index in [4.69, 9.17) is 15.9 Å². The summed E-state index contributed by atoms with van der Waals surface area (Å²) in [6.45, 7) is 0.172. The zero-order valence-electron chi connectivity index (χ0n) is 16.4. The minimum Gasteiger partial charge on any atom is -0.481 e. The van der Waals surface area contributed by atoms with Gasteiger partial charge in [-0.05, 0) is 25.7 Å². The van der Waals surface area contributed by atoms with Gasteiger partial charge >= 0.3 is 11.9 Å². The number of allylic oxidation sites excluding steroid dienone is 1. The first kappa shape index (κ1) is 21.5. The Balaban J connectivity index is 0.000000244. The summed E-state index contributed by atoms with van der Waals surface area (Å²) in [5.74, 6) is -0.712. The predicted octanol–water partition coefficient (Wildman–Crippen LogP) is 1.42. The van der Waals surface area contributed by atoms with Crippen LogP contribution >= 0.6 is 0 Å². The lowest BCUT2D eigenvalue weighted by atomic mass is 10.1. The van der Waals surface area contributed by atoms with Crippen molar-refractivity contribution in [1.29, 1.82) is 0 Å². The monoisotopic (exact) mass is 418 g/mol. The van der Waals surface area contributed by atoms with Gasteiger partial charge < -0.3 is 30.9 Å². The summed E-state index contributed by atoms with van der Waals surface area (Å²) in [4.78, 5) is 32.7. The number of nitrogens with zero attached hydrogens (tertiary/aromatic N) is 4. The van der Waals surface area contributed by atoms with Crippen LogP contribution < -0.4 is 11.1 Å². The van der Waals surface area contributed by atoms with E-state index in [1.54, 1.807) is 6.33 Å². The fourth-order valence-corrected chi connectivity index (χ4v) is 3.18. The second-order valence-electron chi connectivity index (χ2n) is 7.44. The van der Waals surface area contributed by atoms with Gasteiger partial charge in [0.15, 0.2) is 17.0 Å². The van der Waals surface area contributed by atoms with Gasteiger partial charge in [0, 0.05) is 31.4 Å². The molecule has 0 amide bonds. The van der Waals surface area contributed by atoms with Crippen molar-refractivity contribution in [3.05, 3.63) is 18.5 Å². The fourth-order valence-electron chi connectivity index (χ4n) is 3.18. The Morgan fingerprint density at radius 2 is 1.87 bits per heavy atom. The normalized spacial score (nSPS) is 20.0. The molecular formula is C19H26N6O5. The Labute approximate surface area is 172 Å². The van der Waals surface area contributed by atoms with E-state index < -0.39 is 11.9 Å². The zero-order valence-corrected chi connectivity index (χ0v) is 16.4. The van der Waals surface area contributed by atoms with Crippen molar-refractivity contribution in [3.8, 4) is 0 Å². The predicted molar refractivity (Wildman–Crippen MR) is 109 cm³/mol. The molecule has 0 radical (unpaired) electrons. The molecule has 0 aliphatic heterocycles. The number of hydrogen-bond acceptors (Lipinski definition) is 8. The highest BCUT2D eigenvalue weighted by Gasteiger charge is 2.26. The molecule has 2 aromatic rings. The summed E-state index contributed by atoms with van der Waals surface area (Å²) in [6.07, 6.45) is 9.19. The van der Waals surface area contributed by atoms with Gasteiger partial charge in [0.05, 0.1) is 12.4 Å². The number of aliphatic hydroxyl groups excluding tert-OH is 1. The maximum atomic E-state index is 9.79. The van der Waals surface area contributed by atoms with E-state index in [9.17, 15) is 14.7 Å². The van der Waals surface area contributed by atoms with Gasteiger partial charge in [-0.3, -0.25) is 9.59 Å². The van der Waals surface area contributed by atoms with Gasteiger partial charge in [-0.2, -0.15) is 9.97 Å². The van der Waals surface area contributed by atoms with Crippen molar-refractivity contribution >= 4 is 34.9 Å². The first-order chi connectivity index (χ1) is 14.4. The molecule has 6 N–H and O–H groups in total. The maximum Gasteiger partial charge on any atom is 0.303 e. The number of aliphatic carboxylic acids is 2. The quantitative estimate of drug-likeness (QED) is 0.394. The Hall–Kier alpha value is -3.21. The average molecular weight is 418 g/mol. The molecule has 1 saturated carbocycles. The first-order valence-electron chi connectivity index (χ1n) is 9.86. The van der Waals surface area contributed by atoms with Crippen LogP contribution in [-0.4, -0.2) is 59.4 Å². The lowest BCUT2D eigenvalue weighted by molar-refractivity contribution is -0.138. The molecule has 0 aromatic carbocycles. The van der Waals surface area contributed by atoms with E-state index in [1.165, 1.54) is 0 Å². The molecule has 2 aromatic heterocycles. The average Bonchev–Trinajstić information content (AvgIpc) is 3.20. The van der Waals surface area contributed by atoms with E-state index in [-0.39, 0.29) is 43.8 Å². The third-order valence-electron chi connectivity index (χ3n) is 4.88. The molecule has 2 unspecified atom stereocenters. The molecule has 2 aliphatic carbocycles. The number of nitrogen functional groups attached to an aromatic ring is 1. The van der Waals surface area contributed by atoms with Gasteiger partial charge in [-0.1, -0.05) is 12.2 Å². The van der Waals surface area contributed by atoms with Gasteiger partial charge in [-0.25, -0.2) is 4.98 Å². The Morgan fingerprint density at radius 1 is 1.17 bits per heavy atom. The second kappa shape index (κ2) is 9.53. The van der Waals surface area contributed by atoms with Crippen LogP contribution in [0.4, 0.5) is 11.8 Å². The molecule has 11 heteroatoms. The smallest absolute Gasteiger partial charge is 0.303 e. The highest BCUT2D eigenvalue weighted by Crippen LogP contribution is 2.32. The number of rotatable bonds is 8. The van der Waals surface area contributed by atoms with Crippen LogP contribution in [0.25, 0.3) is 11.2 Å². The largest absolute Gasteiger partial charge is 0.481 e. The van der Waals surface area contributed by atoms with E-state index in [0.29, 0.717) is 6.04 Å². The Bertz CT molecular complexity index is 925. The van der Waals surface area contributed by atoms with Crippen molar-refractivity contribution in [3.63, 3.8) is 0 Å². The SMILES string of the molecule is Nc1nc(NC2CC2)c2ncn(C3C=CC(CO)C3)c2n1.O=C(O)CCCC(=O)O. The minimum absolute atomic E-state index is 0.0632. The number of carbonyl (C=O) groups is 2. The summed E-state index contributed by atoms with van der Waals surface area (Å²) in [5, 5.41) is 28.7. The first-order valence-corrected chi connectivity index (χ1v) is 9.86. The summed E-state index contributed by atoms with van der Waals surface area (Å²) < 4.78 is 2.01. The number of hydrogen-bond donors (Lipinski definition) is 5. The second-order valence-corrected chi connectivity index (χ2v) is 7.44. The highest BCUT2D eigenvalue weighted by molar-refractivity contribution is 5.84.